The van der Waals surface area contributed by atoms with Gasteiger partial charge in [-0.1, -0.05) is 11.6 Å². The number of ether oxygens (including phenoxy) is 1. The van der Waals surface area contributed by atoms with Gasteiger partial charge >= 0.3 is 0 Å². The fourth-order valence-electron chi connectivity index (χ4n) is 1.91. The van der Waals surface area contributed by atoms with Gasteiger partial charge in [-0.25, -0.2) is 0 Å². The van der Waals surface area contributed by atoms with E-state index in [0.717, 1.165) is 18.6 Å². The average molecular weight is 288 g/mol. The van der Waals surface area contributed by atoms with Gasteiger partial charge in [0.1, 0.15) is 0 Å². The van der Waals surface area contributed by atoms with Crippen molar-refractivity contribution in [3.63, 3.8) is 0 Å². The van der Waals surface area contributed by atoms with Gasteiger partial charge in [-0.3, -0.25) is 10.1 Å². The van der Waals surface area contributed by atoms with Crippen molar-refractivity contribution in [1.82, 2.24) is 0 Å². The molecule has 0 aliphatic carbocycles. The minimum absolute atomic E-state index is 0.0886. The molecule has 1 aromatic rings. The van der Waals surface area contributed by atoms with Gasteiger partial charge in [0.05, 0.1) is 11.0 Å². The maximum atomic E-state index is 10.7. The van der Waals surface area contributed by atoms with Crippen molar-refractivity contribution in [2.75, 3.05) is 6.61 Å². The van der Waals surface area contributed by atoms with Crippen molar-refractivity contribution >= 4 is 29.1 Å². The number of non-ortho nitro benzene ring substituents is 1. The molecule has 0 saturated carbocycles. The average Bonchev–Trinajstić information content (AvgIpc) is 2.73. The van der Waals surface area contributed by atoms with E-state index in [0.29, 0.717) is 16.0 Å². The van der Waals surface area contributed by atoms with Crippen LogP contribution in [0.1, 0.15) is 18.9 Å². The third-order valence-electron chi connectivity index (χ3n) is 3.00. The van der Waals surface area contributed by atoms with Crippen LogP contribution in [0, 0.1) is 10.1 Å². The molecule has 2 rings (SSSR count). The van der Waals surface area contributed by atoms with Crippen LogP contribution in [-0.4, -0.2) is 22.9 Å². The van der Waals surface area contributed by atoms with E-state index >= 15 is 0 Å². The van der Waals surface area contributed by atoms with Gasteiger partial charge < -0.3 is 4.74 Å². The van der Waals surface area contributed by atoms with E-state index in [4.69, 9.17) is 16.3 Å². The first-order valence-corrected chi connectivity index (χ1v) is 7.16. The largest absolute Gasteiger partial charge is 0.377 e. The predicted octanol–water partition coefficient (Wildman–Crippen LogP) is 3.66. The fourth-order valence-corrected chi connectivity index (χ4v) is 3.42. The minimum Gasteiger partial charge on any atom is -0.377 e. The van der Waals surface area contributed by atoms with Crippen molar-refractivity contribution in [2.24, 2.45) is 0 Å². The molecule has 98 valence electrons. The Morgan fingerprint density at radius 2 is 2.39 bits per heavy atom. The zero-order valence-electron chi connectivity index (χ0n) is 9.97. The van der Waals surface area contributed by atoms with Crippen LogP contribution in [0.2, 0.25) is 5.02 Å². The molecule has 1 saturated heterocycles. The number of nitro benzene ring substituents is 1. The molecule has 4 nitrogen and oxygen atoms in total. The second-order valence-corrected chi connectivity index (χ2v) is 5.88. The third kappa shape index (κ3) is 3.16. The van der Waals surface area contributed by atoms with Gasteiger partial charge in [0.25, 0.3) is 5.69 Å². The molecule has 18 heavy (non-hydrogen) atoms. The molecule has 1 heterocycles. The van der Waals surface area contributed by atoms with Crippen LogP contribution >= 0.6 is 23.4 Å². The van der Waals surface area contributed by atoms with Crippen LogP contribution in [0.5, 0.6) is 0 Å². The molecule has 0 spiro atoms. The van der Waals surface area contributed by atoms with Crippen molar-refractivity contribution in [3.05, 3.63) is 38.9 Å². The van der Waals surface area contributed by atoms with E-state index in [-0.39, 0.29) is 11.8 Å². The maximum Gasteiger partial charge on any atom is 0.269 e. The Hall–Kier alpha value is -0.780. The Labute approximate surface area is 115 Å². The van der Waals surface area contributed by atoms with Crippen molar-refractivity contribution in [3.8, 4) is 0 Å². The molecule has 0 N–H and O–H groups in total. The summed E-state index contributed by atoms with van der Waals surface area (Å²) in [5.74, 6) is 0.679. The lowest BCUT2D eigenvalue weighted by molar-refractivity contribution is -0.384. The van der Waals surface area contributed by atoms with Crippen LogP contribution in [-0.2, 0) is 10.5 Å². The van der Waals surface area contributed by atoms with Gasteiger partial charge in [0.2, 0.25) is 0 Å². The number of nitrogens with zero attached hydrogens (tertiary/aromatic N) is 1. The Bertz CT molecular complexity index is 455. The van der Waals surface area contributed by atoms with E-state index in [1.807, 2.05) is 0 Å². The quantitative estimate of drug-likeness (QED) is 0.626. The maximum absolute atomic E-state index is 10.7. The highest BCUT2D eigenvalue weighted by Gasteiger charge is 2.24. The molecule has 0 amide bonds. The highest BCUT2D eigenvalue weighted by Crippen LogP contribution is 2.32. The van der Waals surface area contributed by atoms with E-state index in [9.17, 15) is 10.1 Å². The Kier molecular flexibility index (Phi) is 4.48. The van der Waals surface area contributed by atoms with Crippen LogP contribution in [0.4, 0.5) is 5.69 Å². The molecule has 2 atom stereocenters. The molecule has 0 radical (unpaired) electrons. The topological polar surface area (TPSA) is 52.4 Å². The molecule has 1 aliphatic rings. The van der Waals surface area contributed by atoms with Gasteiger partial charge in [-0.15, -0.1) is 0 Å². The fraction of sp³-hybridized carbons (Fsp3) is 0.500. The van der Waals surface area contributed by atoms with Crippen LogP contribution in [0.3, 0.4) is 0 Å². The summed E-state index contributed by atoms with van der Waals surface area (Å²) in [6.07, 6.45) is 1.27. The SMILES string of the molecule is CC1OCCC1SCc1cc([N+](=O)[O-])ccc1Cl. The molecular weight excluding hydrogens is 274 g/mol. The zero-order chi connectivity index (χ0) is 13.1. The molecule has 0 aromatic heterocycles. The van der Waals surface area contributed by atoms with Crippen LogP contribution in [0.25, 0.3) is 0 Å². The Morgan fingerprint density at radius 1 is 1.61 bits per heavy atom. The predicted molar refractivity (Wildman–Crippen MR) is 73.2 cm³/mol. The molecule has 1 aliphatic heterocycles. The number of nitro groups is 1. The van der Waals surface area contributed by atoms with Crippen LogP contribution < -0.4 is 0 Å². The number of halogens is 1. The first-order valence-electron chi connectivity index (χ1n) is 5.74. The van der Waals surface area contributed by atoms with Crippen molar-refractivity contribution in [2.45, 2.75) is 30.5 Å². The van der Waals surface area contributed by atoms with E-state index in [1.165, 1.54) is 6.07 Å². The summed E-state index contributed by atoms with van der Waals surface area (Å²) in [6.45, 7) is 2.85. The lowest BCUT2D eigenvalue weighted by Crippen LogP contribution is -2.13. The van der Waals surface area contributed by atoms with Crippen molar-refractivity contribution < 1.29 is 9.66 Å². The first-order chi connectivity index (χ1) is 8.58. The van der Waals surface area contributed by atoms with E-state index < -0.39 is 4.92 Å². The lowest BCUT2D eigenvalue weighted by Gasteiger charge is -2.13. The number of hydrogen-bond donors (Lipinski definition) is 0. The van der Waals surface area contributed by atoms with E-state index in [1.54, 1.807) is 23.9 Å². The van der Waals surface area contributed by atoms with Crippen LogP contribution in [0.15, 0.2) is 18.2 Å². The summed E-state index contributed by atoms with van der Waals surface area (Å²) >= 11 is 7.80. The van der Waals surface area contributed by atoms with Gasteiger partial charge in [-0.05, 0) is 25.0 Å². The number of thioether (sulfide) groups is 1. The molecule has 2 unspecified atom stereocenters. The molecule has 0 bridgehead atoms. The first kappa shape index (κ1) is 13.6. The third-order valence-corrected chi connectivity index (χ3v) is 4.89. The zero-order valence-corrected chi connectivity index (χ0v) is 11.5. The summed E-state index contributed by atoms with van der Waals surface area (Å²) in [4.78, 5) is 10.3. The monoisotopic (exact) mass is 287 g/mol. The van der Waals surface area contributed by atoms with Gasteiger partial charge in [0, 0.05) is 34.8 Å². The van der Waals surface area contributed by atoms with Gasteiger partial charge in [0.15, 0.2) is 0 Å². The highest BCUT2D eigenvalue weighted by molar-refractivity contribution is 7.99. The van der Waals surface area contributed by atoms with Crippen molar-refractivity contribution in [1.29, 1.82) is 0 Å². The second-order valence-electron chi connectivity index (χ2n) is 4.25. The highest BCUT2D eigenvalue weighted by atomic mass is 35.5. The Morgan fingerprint density at radius 3 is 3.00 bits per heavy atom. The number of rotatable bonds is 4. The molecule has 1 aromatic carbocycles. The van der Waals surface area contributed by atoms with Gasteiger partial charge in [-0.2, -0.15) is 11.8 Å². The molecule has 1 fully saturated rings. The smallest absolute Gasteiger partial charge is 0.269 e. The molecule has 6 heteroatoms. The summed E-state index contributed by atoms with van der Waals surface area (Å²) < 4.78 is 5.48. The normalized spacial score (nSPS) is 23.2. The second kappa shape index (κ2) is 5.91. The summed E-state index contributed by atoms with van der Waals surface area (Å²) in [6, 6.07) is 4.57. The number of hydrogen-bond acceptors (Lipinski definition) is 4. The standard InChI is InChI=1S/C12H14ClNO3S/c1-8-12(4-5-17-8)18-7-9-6-10(14(15)16)2-3-11(9)13/h2-3,6,8,12H,4-5,7H2,1H3. The van der Waals surface area contributed by atoms with E-state index in [2.05, 4.69) is 6.92 Å². The minimum atomic E-state index is -0.397. The summed E-state index contributed by atoms with van der Waals surface area (Å²) in [5.41, 5.74) is 0.903. The Balaban J connectivity index is 2.04. The number of benzene rings is 1. The summed E-state index contributed by atoms with van der Waals surface area (Å²) in [7, 11) is 0. The summed E-state index contributed by atoms with van der Waals surface area (Å²) in [5, 5.41) is 11.7. The lowest BCUT2D eigenvalue weighted by atomic mass is 10.2. The molecular formula is C12H14ClNO3S.